The Morgan fingerprint density at radius 3 is 3.06 bits per heavy atom. The van der Waals surface area contributed by atoms with Crippen LogP contribution in [0.3, 0.4) is 0 Å². The normalized spacial score (nSPS) is 19.8. The van der Waals surface area contributed by atoms with Crippen LogP contribution in [-0.4, -0.2) is 52.2 Å². The number of amides is 1. The van der Waals surface area contributed by atoms with Gasteiger partial charge in [-0.25, -0.2) is 4.98 Å². The highest BCUT2D eigenvalue weighted by molar-refractivity contribution is 5.90. The molecule has 1 aromatic heterocycles. The molecule has 0 aromatic carbocycles. The first-order valence-corrected chi connectivity index (χ1v) is 6.61. The van der Waals surface area contributed by atoms with Crippen LogP contribution in [0.4, 0.5) is 0 Å². The van der Waals surface area contributed by atoms with Crippen LogP contribution in [0.1, 0.15) is 42.6 Å². The first kappa shape index (κ1) is 13.0. The van der Waals surface area contributed by atoms with Gasteiger partial charge in [0.05, 0.1) is 0 Å². The summed E-state index contributed by atoms with van der Waals surface area (Å²) in [5.74, 6) is 0.977. The van der Waals surface area contributed by atoms with Crippen molar-refractivity contribution in [1.82, 2.24) is 25.4 Å². The minimum Gasteiger partial charge on any atom is -0.335 e. The van der Waals surface area contributed by atoms with Gasteiger partial charge in [0.1, 0.15) is 5.82 Å². The Balaban J connectivity index is 2.00. The predicted octanol–water partition coefficient (Wildman–Crippen LogP) is 0.581. The highest BCUT2D eigenvalue weighted by Gasteiger charge is 2.25. The summed E-state index contributed by atoms with van der Waals surface area (Å²) >= 11 is 0. The third-order valence-corrected chi connectivity index (χ3v) is 3.35. The van der Waals surface area contributed by atoms with Crippen molar-refractivity contribution in [2.24, 2.45) is 0 Å². The minimum atomic E-state index is -0.0951. The summed E-state index contributed by atoms with van der Waals surface area (Å²) < 4.78 is 0. The molecule has 1 aromatic rings. The maximum Gasteiger partial charge on any atom is 0.293 e. The second-order valence-electron chi connectivity index (χ2n) is 4.77. The number of nitrogens with zero attached hydrogens (tertiary/aromatic N) is 3. The van der Waals surface area contributed by atoms with Gasteiger partial charge in [-0.1, -0.05) is 6.92 Å². The second kappa shape index (κ2) is 5.95. The second-order valence-corrected chi connectivity index (χ2v) is 4.77. The van der Waals surface area contributed by atoms with Gasteiger partial charge in [0, 0.05) is 26.1 Å². The average molecular weight is 251 g/mol. The fourth-order valence-corrected chi connectivity index (χ4v) is 2.23. The van der Waals surface area contributed by atoms with Gasteiger partial charge >= 0.3 is 0 Å². The molecule has 1 unspecified atom stereocenters. The summed E-state index contributed by atoms with van der Waals surface area (Å²) in [6.07, 6.45) is 3.97. The number of piperidine rings is 1. The lowest BCUT2D eigenvalue weighted by molar-refractivity contribution is 0.0696. The van der Waals surface area contributed by atoms with E-state index in [1.54, 1.807) is 4.90 Å². The van der Waals surface area contributed by atoms with E-state index in [1.807, 2.05) is 7.05 Å². The van der Waals surface area contributed by atoms with E-state index in [9.17, 15) is 4.79 Å². The van der Waals surface area contributed by atoms with Crippen molar-refractivity contribution in [1.29, 1.82) is 0 Å². The van der Waals surface area contributed by atoms with Crippen LogP contribution in [0.25, 0.3) is 0 Å². The zero-order valence-electron chi connectivity index (χ0n) is 11.1. The largest absolute Gasteiger partial charge is 0.335 e. The molecular formula is C12H21N5O. The van der Waals surface area contributed by atoms with Crippen LogP contribution >= 0.6 is 0 Å². The molecule has 1 atom stereocenters. The number of carbonyl (C=O) groups is 1. The van der Waals surface area contributed by atoms with Crippen molar-refractivity contribution in [3.8, 4) is 0 Å². The fraction of sp³-hybridized carbons (Fsp3) is 0.750. The summed E-state index contributed by atoms with van der Waals surface area (Å²) in [5.41, 5.74) is 0. The smallest absolute Gasteiger partial charge is 0.293 e. The molecule has 1 aliphatic rings. The molecule has 1 amide bonds. The number of aryl methyl sites for hydroxylation is 1. The van der Waals surface area contributed by atoms with Gasteiger partial charge < -0.3 is 10.2 Å². The van der Waals surface area contributed by atoms with Crippen LogP contribution in [0, 0.1) is 0 Å². The molecule has 1 saturated heterocycles. The number of carbonyl (C=O) groups excluding carboxylic acids is 1. The highest BCUT2D eigenvalue weighted by Crippen LogP contribution is 2.11. The summed E-state index contributed by atoms with van der Waals surface area (Å²) in [6, 6.07) is 0.249. The predicted molar refractivity (Wildman–Crippen MR) is 68.4 cm³/mol. The standard InChI is InChI=1S/C12H21N5O/c1-3-5-10-14-11(16-15-10)12(18)17(2)9-6-4-7-13-8-9/h9,13H,3-8H2,1-2H3,(H,14,15,16). The van der Waals surface area contributed by atoms with Crippen molar-refractivity contribution < 1.29 is 4.79 Å². The molecule has 1 aliphatic heterocycles. The van der Waals surface area contributed by atoms with Gasteiger partial charge in [-0.2, -0.15) is 0 Å². The number of H-pyrrole nitrogens is 1. The Bertz CT molecular complexity index is 397. The van der Waals surface area contributed by atoms with Crippen LogP contribution in [-0.2, 0) is 6.42 Å². The lowest BCUT2D eigenvalue weighted by atomic mass is 10.1. The van der Waals surface area contributed by atoms with Gasteiger partial charge in [-0.15, -0.1) is 5.10 Å². The van der Waals surface area contributed by atoms with Crippen molar-refractivity contribution in [3.63, 3.8) is 0 Å². The SMILES string of the molecule is CCCc1nc(C(=O)N(C)C2CCCNC2)n[nH]1. The van der Waals surface area contributed by atoms with Crippen molar-refractivity contribution in [2.75, 3.05) is 20.1 Å². The highest BCUT2D eigenvalue weighted by atomic mass is 16.2. The lowest BCUT2D eigenvalue weighted by Crippen LogP contribution is -2.46. The van der Waals surface area contributed by atoms with E-state index in [4.69, 9.17) is 0 Å². The van der Waals surface area contributed by atoms with Gasteiger partial charge in [-0.05, 0) is 25.8 Å². The molecule has 1 fully saturated rings. The number of nitrogens with one attached hydrogen (secondary N) is 2. The van der Waals surface area contributed by atoms with Crippen molar-refractivity contribution in [3.05, 3.63) is 11.6 Å². The van der Waals surface area contributed by atoms with Gasteiger partial charge in [-0.3, -0.25) is 9.89 Å². The summed E-state index contributed by atoms with van der Waals surface area (Å²) in [5, 5.41) is 10.1. The zero-order chi connectivity index (χ0) is 13.0. The van der Waals surface area contributed by atoms with E-state index in [0.29, 0.717) is 0 Å². The van der Waals surface area contributed by atoms with Gasteiger partial charge in [0.25, 0.3) is 5.91 Å². The molecule has 0 spiro atoms. The van der Waals surface area contributed by atoms with E-state index in [1.165, 1.54) is 0 Å². The van der Waals surface area contributed by atoms with Crippen LogP contribution in [0.15, 0.2) is 0 Å². The minimum absolute atomic E-state index is 0.0951. The summed E-state index contributed by atoms with van der Waals surface area (Å²) in [7, 11) is 1.83. The molecule has 6 heteroatoms. The van der Waals surface area contributed by atoms with Crippen LogP contribution in [0.5, 0.6) is 0 Å². The topological polar surface area (TPSA) is 73.9 Å². The van der Waals surface area contributed by atoms with Crippen LogP contribution in [0.2, 0.25) is 0 Å². The van der Waals surface area contributed by atoms with E-state index < -0.39 is 0 Å². The third kappa shape index (κ3) is 2.87. The van der Waals surface area contributed by atoms with Crippen LogP contribution < -0.4 is 5.32 Å². The van der Waals surface area contributed by atoms with Gasteiger partial charge in [0.15, 0.2) is 0 Å². The maximum absolute atomic E-state index is 12.2. The Morgan fingerprint density at radius 1 is 1.56 bits per heavy atom. The average Bonchev–Trinajstić information content (AvgIpc) is 2.87. The molecule has 2 N–H and O–H groups in total. The molecule has 2 rings (SSSR count). The molecule has 0 radical (unpaired) electrons. The summed E-state index contributed by atoms with van der Waals surface area (Å²) in [6.45, 7) is 3.97. The van der Waals surface area contributed by atoms with E-state index >= 15 is 0 Å². The number of hydrogen-bond acceptors (Lipinski definition) is 4. The van der Waals surface area contributed by atoms with Gasteiger partial charge in [0.2, 0.25) is 5.82 Å². The number of likely N-dealkylation sites (N-methyl/N-ethyl adjacent to an activating group) is 1. The van der Waals surface area contributed by atoms with E-state index in [0.717, 1.165) is 44.6 Å². The first-order chi connectivity index (χ1) is 8.72. The third-order valence-electron chi connectivity index (χ3n) is 3.35. The molecule has 2 heterocycles. The molecule has 0 bridgehead atoms. The molecule has 18 heavy (non-hydrogen) atoms. The Morgan fingerprint density at radius 2 is 2.39 bits per heavy atom. The zero-order valence-corrected chi connectivity index (χ0v) is 11.1. The van der Waals surface area contributed by atoms with Crippen molar-refractivity contribution in [2.45, 2.75) is 38.6 Å². The molecule has 0 aliphatic carbocycles. The molecule has 0 saturated carbocycles. The number of rotatable bonds is 4. The first-order valence-electron chi connectivity index (χ1n) is 6.61. The monoisotopic (exact) mass is 251 g/mol. The Kier molecular flexibility index (Phi) is 4.30. The van der Waals surface area contributed by atoms with E-state index in [2.05, 4.69) is 27.4 Å². The number of hydrogen-bond donors (Lipinski definition) is 2. The van der Waals surface area contributed by atoms with Crippen molar-refractivity contribution >= 4 is 5.91 Å². The quantitative estimate of drug-likeness (QED) is 0.821. The summed E-state index contributed by atoms with van der Waals surface area (Å²) in [4.78, 5) is 18.2. The maximum atomic E-state index is 12.2. The number of aromatic nitrogens is 3. The van der Waals surface area contributed by atoms with E-state index in [-0.39, 0.29) is 17.8 Å². The fourth-order valence-electron chi connectivity index (χ4n) is 2.23. The molecular weight excluding hydrogens is 230 g/mol. The Labute approximate surface area is 107 Å². The lowest BCUT2D eigenvalue weighted by Gasteiger charge is -2.30. The number of aromatic amines is 1. The molecule has 6 nitrogen and oxygen atoms in total. The Hall–Kier alpha value is -1.43. The molecule has 100 valence electrons.